The lowest BCUT2D eigenvalue weighted by atomic mass is 10.1. The molecule has 1 unspecified atom stereocenters. The Balaban J connectivity index is 2.56. The van der Waals surface area contributed by atoms with Crippen molar-refractivity contribution in [3.05, 3.63) is 24.3 Å². The zero-order valence-electron chi connectivity index (χ0n) is 8.03. The van der Waals surface area contributed by atoms with Gasteiger partial charge in [0.25, 0.3) is 0 Å². The maximum Gasteiger partial charge on any atom is 0.0756 e. The molecule has 0 saturated carbocycles. The van der Waals surface area contributed by atoms with Gasteiger partial charge in [0.2, 0.25) is 0 Å². The van der Waals surface area contributed by atoms with Crippen molar-refractivity contribution in [2.45, 2.75) is 12.5 Å². The van der Waals surface area contributed by atoms with E-state index >= 15 is 0 Å². The van der Waals surface area contributed by atoms with Crippen molar-refractivity contribution in [2.75, 3.05) is 20.8 Å². The maximum atomic E-state index is 5.01. The van der Waals surface area contributed by atoms with Crippen LogP contribution in [0.15, 0.2) is 18.6 Å². The van der Waals surface area contributed by atoms with Gasteiger partial charge in [0.15, 0.2) is 0 Å². The first kappa shape index (κ1) is 10.1. The summed E-state index contributed by atoms with van der Waals surface area (Å²) >= 11 is 0. The summed E-state index contributed by atoms with van der Waals surface area (Å²) in [6, 6.07) is 0.230. The molecule has 72 valence electrons. The number of aromatic nitrogens is 2. The Morgan fingerprint density at radius 1 is 1.54 bits per heavy atom. The molecular weight excluding hydrogens is 166 g/mol. The van der Waals surface area contributed by atoms with Gasteiger partial charge in [-0.25, -0.2) is 0 Å². The van der Waals surface area contributed by atoms with Crippen LogP contribution in [-0.2, 0) is 4.74 Å². The lowest BCUT2D eigenvalue weighted by Gasteiger charge is -2.13. The number of methoxy groups -OCH3 is 1. The van der Waals surface area contributed by atoms with Gasteiger partial charge >= 0.3 is 0 Å². The molecule has 0 fully saturated rings. The highest BCUT2D eigenvalue weighted by atomic mass is 16.5. The largest absolute Gasteiger partial charge is 0.385 e. The smallest absolute Gasteiger partial charge is 0.0756 e. The highest BCUT2D eigenvalue weighted by Gasteiger charge is 2.09. The fraction of sp³-hybridized carbons (Fsp3) is 0.556. The second-order valence-corrected chi connectivity index (χ2v) is 2.75. The molecule has 0 aliphatic heterocycles. The minimum absolute atomic E-state index is 0.230. The molecule has 0 saturated heterocycles. The van der Waals surface area contributed by atoms with Gasteiger partial charge in [0.05, 0.1) is 11.7 Å². The first-order chi connectivity index (χ1) is 6.38. The van der Waals surface area contributed by atoms with Crippen molar-refractivity contribution in [3.63, 3.8) is 0 Å². The fourth-order valence-corrected chi connectivity index (χ4v) is 1.17. The highest BCUT2D eigenvalue weighted by Crippen LogP contribution is 2.11. The maximum absolute atomic E-state index is 5.01. The van der Waals surface area contributed by atoms with E-state index in [9.17, 15) is 0 Å². The Labute approximate surface area is 78.4 Å². The second kappa shape index (κ2) is 5.61. The van der Waals surface area contributed by atoms with Gasteiger partial charge in [-0.05, 0) is 13.5 Å². The third-order valence-electron chi connectivity index (χ3n) is 1.90. The molecule has 0 amide bonds. The van der Waals surface area contributed by atoms with E-state index in [1.165, 1.54) is 0 Å². The molecule has 1 rings (SSSR count). The van der Waals surface area contributed by atoms with E-state index in [4.69, 9.17) is 4.74 Å². The lowest BCUT2D eigenvalue weighted by Crippen LogP contribution is -2.19. The number of rotatable bonds is 5. The molecule has 1 N–H and O–H groups in total. The Hall–Kier alpha value is -1.00. The van der Waals surface area contributed by atoms with Crippen LogP contribution in [0.4, 0.5) is 0 Å². The number of nitrogens with zero attached hydrogens (tertiary/aromatic N) is 2. The minimum Gasteiger partial charge on any atom is -0.385 e. The standard InChI is InChI=1S/C9H15N3O/c1-10-8(3-6-13-2)9-7-11-4-5-12-9/h4-5,7-8,10H,3,6H2,1-2H3. The third-order valence-corrected chi connectivity index (χ3v) is 1.90. The topological polar surface area (TPSA) is 47.0 Å². The molecule has 0 aliphatic carbocycles. The van der Waals surface area contributed by atoms with E-state index in [1.54, 1.807) is 25.7 Å². The average Bonchev–Trinajstić information content (AvgIpc) is 2.21. The summed E-state index contributed by atoms with van der Waals surface area (Å²) in [6.45, 7) is 0.724. The van der Waals surface area contributed by atoms with Gasteiger partial charge in [-0.2, -0.15) is 0 Å². The predicted molar refractivity (Wildman–Crippen MR) is 50.3 cm³/mol. The Bertz CT molecular complexity index is 228. The van der Waals surface area contributed by atoms with Crippen molar-refractivity contribution in [1.82, 2.24) is 15.3 Å². The summed E-state index contributed by atoms with van der Waals surface area (Å²) in [5.41, 5.74) is 0.960. The van der Waals surface area contributed by atoms with Crippen molar-refractivity contribution < 1.29 is 4.74 Å². The van der Waals surface area contributed by atoms with E-state index in [0.29, 0.717) is 0 Å². The molecule has 0 bridgehead atoms. The first-order valence-corrected chi connectivity index (χ1v) is 4.30. The van der Waals surface area contributed by atoms with Crippen LogP contribution in [0.25, 0.3) is 0 Å². The molecule has 1 atom stereocenters. The van der Waals surface area contributed by atoms with Gasteiger partial charge in [0.1, 0.15) is 0 Å². The van der Waals surface area contributed by atoms with Crippen LogP contribution >= 0.6 is 0 Å². The molecule has 0 aliphatic rings. The van der Waals surface area contributed by atoms with E-state index in [2.05, 4.69) is 15.3 Å². The zero-order valence-corrected chi connectivity index (χ0v) is 8.03. The van der Waals surface area contributed by atoms with E-state index in [0.717, 1.165) is 18.7 Å². The summed E-state index contributed by atoms with van der Waals surface area (Å²) in [5, 5.41) is 3.17. The summed E-state index contributed by atoms with van der Waals surface area (Å²) in [7, 11) is 3.61. The van der Waals surface area contributed by atoms with Crippen molar-refractivity contribution in [2.24, 2.45) is 0 Å². The molecule has 1 aromatic heterocycles. The quantitative estimate of drug-likeness (QED) is 0.729. The zero-order chi connectivity index (χ0) is 9.52. The number of hydrogen-bond donors (Lipinski definition) is 1. The van der Waals surface area contributed by atoms with Crippen molar-refractivity contribution in [1.29, 1.82) is 0 Å². The van der Waals surface area contributed by atoms with E-state index < -0.39 is 0 Å². The average molecular weight is 181 g/mol. The SMILES string of the molecule is CNC(CCOC)c1cnccn1. The van der Waals surface area contributed by atoms with Crippen LogP contribution in [0.2, 0.25) is 0 Å². The van der Waals surface area contributed by atoms with Gasteiger partial charge in [-0.1, -0.05) is 0 Å². The Morgan fingerprint density at radius 2 is 2.38 bits per heavy atom. The molecule has 0 spiro atoms. The number of hydrogen-bond acceptors (Lipinski definition) is 4. The summed E-state index contributed by atoms with van der Waals surface area (Å²) in [6.07, 6.45) is 6.06. The van der Waals surface area contributed by atoms with Gasteiger partial charge in [0, 0.05) is 32.3 Å². The molecule has 1 heterocycles. The van der Waals surface area contributed by atoms with Gasteiger partial charge in [-0.3, -0.25) is 9.97 Å². The second-order valence-electron chi connectivity index (χ2n) is 2.75. The van der Waals surface area contributed by atoms with Gasteiger partial charge < -0.3 is 10.1 Å². The van der Waals surface area contributed by atoms with Crippen LogP contribution < -0.4 is 5.32 Å². The monoisotopic (exact) mass is 181 g/mol. The normalized spacial score (nSPS) is 12.8. The Kier molecular flexibility index (Phi) is 4.35. The molecule has 0 radical (unpaired) electrons. The third kappa shape index (κ3) is 3.08. The summed E-state index contributed by atoms with van der Waals surface area (Å²) in [4.78, 5) is 8.24. The highest BCUT2D eigenvalue weighted by molar-refractivity contribution is 5.01. The van der Waals surface area contributed by atoms with Crippen LogP contribution in [0.1, 0.15) is 18.2 Å². The summed E-state index contributed by atoms with van der Waals surface area (Å²) in [5.74, 6) is 0. The fourth-order valence-electron chi connectivity index (χ4n) is 1.17. The van der Waals surface area contributed by atoms with Crippen molar-refractivity contribution in [3.8, 4) is 0 Å². The molecule has 4 heteroatoms. The number of ether oxygens (including phenoxy) is 1. The Morgan fingerprint density at radius 3 is 2.92 bits per heavy atom. The lowest BCUT2D eigenvalue weighted by molar-refractivity contribution is 0.183. The van der Waals surface area contributed by atoms with E-state index in [1.807, 2.05) is 7.05 Å². The van der Waals surface area contributed by atoms with Crippen LogP contribution in [0.3, 0.4) is 0 Å². The first-order valence-electron chi connectivity index (χ1n) is 4.30. The van der Waals surface area contributed by atoms with Crippen LogP contribution in [0.5, 0.6) is 0 Å². The van der Waals surface area contributed by atoms with Crippen molar-refractivity contribution >= 4 is 0 Å². The van der Waals surface area contributed by atoms with Crippen LogP contribution in [-0.4, -0.2) is 30.7 Å². The molecule has 1 aromatic rings. The van der Waals surface area contributed by atoms with E-state index in [-0.39, 0.29) is 6.04 Å². The van der Waals surface area contributed by atoms with Crippen LogP contribution in [0, 0.1) is 0 Å². The minimum atomic E-state index is 0.230. The van der Waals surface area contributed by atoms with Gasteiger partial charge in [-0.15, -0.1) is 0 Å². The molecule has 13 heavy (non-hydrogen) atoms. The number of nitrogens with one attached hydrogen (secondary N) is 1. The molecule has 4 nitrogen and oxygen atoms in total. The molecule has 0 aromatic carbocycles. The summed E-state index contributed by atoms with van der Waals surface area (Å²) < 4.78 is 5.01. The predicted octanol–water partition coefficient (Wildman–Crippen LogP) is 0.774. The molecular formula is C9H15N3O.